The molecule has 2 N–H and O–H groups in total. The molecule has 118 valence electrons. The Bertz CT molecular complexity index is 249. The molecule has 3 aliphatic rings. The summed E-state index contributed by atoms with van der Waals surface area (Å²) in [7, 11) is 0. The number of rotatable bonds is 10. The molecule has 3 heterocycles. The number of unbranched alkanes of at least 4 members (excludes halogenated alkanes) is 7. The normalized spacial score (nSPS) is 30.6. The molecule has 3 aliphatic heterocycles. The van der Waals surface area contributed by atoms with Gasteiger partial charge >= 0.3 is 0 Å². The SMILES string of the molecule is CCCCCCCCCCC(N)C1CN2CCN1CC2. The zero-order valence-corrected chi connectivity index (χ0v) is 13.5. The van der Waals surface area contributed by atoms with E-state index in [0.29, 0.717) is 12.1 Å². The maximum Gasteiger partial charge on any atom is 0.0375 e. The van der Waals surface area contributed by atoms with E-state index in [0.717, 1.165) is 0 Å². The topological polar surface area (TPSA) is 32.5 Å². The van der Waals surface area contributed by atoms with Crippen LogP contribution in [0.2, 0.25) is 0 Å². The van der Waals surface area contributed by atoms with Gasteiger partial charge < -0.3 is 5.73 Å². The lowest BCUT2D eigenvalue weighted by atomic mass is 9.96. The van der Waals surface area contributed by atoms with E-state index in [9.17, 15) is 0 Å². The van der Waals surface area contributed by atoms with E-state index in [1.807, 2.05) is 0 Å². The maximum atomic E-state index is 6.45. The van der Waals surface area contributed by atoms with Crippen LogP contribution in [0.1, 0.15) is 64.7 Å². The van der Waals surface area contributed by atoms with E-state index in [1.54, 1.807) is 0 Å². The fourth-order valence-electron chi connectivity index (χ4n) is 3.77. The summed E-state index contributed by atoms with van der Waals surface area (Å²) in [4.78, 5) is 5.23. The summed E-state index contributed by atoms with van der Waals surface area (Å²) in [6, 6.07) is 1.04. The van der Waals surface area contributed by atoms with E-state index in [1.165, 1.54) is 90.5 Å². The van der Waals surface area contributed by atoms with Gasteiger partial charge in [-0.1, -0.05) is 58.3 Å². The van der Waals surface area contributed by atoms with Crippen molar-refractivity contribution in [1.82, 2.24) is 9.80 Å². The van der Waals surface area contributed by atoms with Crippen molar-refractivity contribution < 1.29 is 0 Å². The Labute approximate surface area is 125 Å². The quantitative estimate of drug-likeness (QED) is 0.625. The van der Waals surface area contributed by atoms with Crippen LogP contribution in [-0.2, 0) is 0 Å². The van der Waals surface area contributed by atoms with Crippen molar-refractivity contribution in [3.8, 4) is 0 Å². The maximum absolute atomic E-state index is 6.45. The van der Waals surface area contributed by atoms with Gasteiger partial charge in [0.25, 0.3) is 0 Å². The summed E-state index contributed by atoms with van der Waals surface area (Å²) >= 11 is 0. The van der Waals surface area contributed by atoms with Crippen LogP contribution in [0.4, 0.5) is 0 Å². The molecule has 3 fully saturated rings. The van der Waals surface area contributed by atoms with E-state index >= 15 is 0 Å². The molecular formula is C17H35N3. The summed E-state index contributed by atoms with van der Waals surface area (Å²) in [6.45, 7) is 8.53. The molecule has 0 aliphatic carbocycles. The molecular weight excluding hydrogens is 246 g/mol. The van der Waals surface area contributed by atoms with Gasteiger partial charge in [0.1, 0.15) is 0 Å². The van der Waals surface area contributed by atoms with Gasteiger partial charge in [0.15, 0.2) is 0 Å². The highest BCUT2D eigenvalue weighted by atomic mass is 15.3. The minimum Gasteiger partial charge on any atom is -0.326 e. The Hall–Kier alpha value is -0.120. The number of fused-ring (bicyclic) bond motifs is 3. The Morgan fingerprint density at radius 3 is 2.05 bits per heavy atom. The number of hydrogen-bond donors (Lipinski definition) is 1. The first kappa shape index (κ1) is 16.3. The first-order valence-corrected chi connectivity index (χ1v) is 9.03. The lowest BCUT2D eigenvalue weighted by Gasteiger charge is -2.49. The fourth-order valence-corrected chi connectivity index (χ4v) is 3.77. The van der Waals surface area contributed by atoms with Crippen LogP contribution in [0.15, 0.2) is 0 Å². The molecule has 0 amide bonds. The highest BCUT2D eigenvalue weighted by Gasteiger charge is 2.34. The third-order valence-corrected chi connectivity index (χ3v) is 5.21. The average Bonchev–Trinajstić information content (AvgIpc) is 2.51. The number of hydrogen-bond acceptors (Lipinski definition) is 3. The van der Waals surface area contributed by atoms with Crippen LogP contribution in [0, 0.1) is 0 Å². The zero-order valence-electron chi connectivity index (χ0n) is 13.5. The van der Waals surface area contributed by atoms with Gasteiger partial charge in [-0.15, -0.1) is 0 Å². The summed E-state index contributed by atoms with van der Waals surface area (Å²) < 4.78 is 0. The monoisotopic (exact) mass is 281 g/mol. The Kier molecular flexibility index (Phi) is 7.32. The molecule has 2 atom stereocenters. The third kappa shape index (κ3) is 5.01. The Morgan fingerprint density at radius 1 is 0.900 bits per heavy atom. The number of piperazine rings is 3. The molecule has 2 unspecified atom stereocenters. The number of nitrogens with zero attached hydrogens (tertiary/aromatic N) is 2. The van der Waals surface area contributed by atoms with Gasteiger partial charge in [-0.2, -0.15) is 0 Å². The van der Waals surface area contributed by atoms with Crippen LogP contribution >= 0.6 is 0 Å². The minimum atomic E-state index is 0.401. The lowest BCUT2D eigenvalue weighted by molar-refractivity contribution is 0.00112. The molecule has 2 bridgehead atoms. The molecule has 0 aromatic carbocycles. The first-order chi connectivity index (χ1) is 9.81. The summed E-state index contributed by atoms with van der Waals surface area (Å²) in [6.07, 6.45) is 12.4. The van der Waals surface area contributed by atoms with Gasteiger partial charge in [-0.05, 0) is 6.42 Å². The Morgan fingerprint density at radius 2 is 1.50 bits per heavy atom. The smallest absolute Gasteiger partial charge is 0.0375 e. The molecule has 3 heteroatoms. The van der Waals surface area contributed by atoms with Crippen molar-refractivity contribution in [1.29, 1.82) is 0 Å². The average molecular weight is 281 g/mol. The molecule has 0 spiro atoms. The zero-order chi connectivity index (χ0) is 14.2. The third-order valence-electron chi connectivity index (χ3n) is 5.21. The van der Waals surface area contributed by atoms with Gasteiger partial charge in [0, 0.05) is 44.8 Å². The summed E-state index contributed by atoms with van der Waals surface area (Å²) in [5.41, 5.74) is 6.45. The van der Waals surface area contributed by atoms with Crippen molar-refractivity contribution in [2.45, 2.75) is 76.8 Å². The molecule has 20 heavy (non-hydrogen) atoms. The van der Waals surface area contributed by atoms with Crippen molar-refractivity contribution in [3.05, 3.63) is 0 Å². The van der Waals surface area contributed by atoms with Crippen LogP contribution in [0.5, 0.6) is 0 Å². The van der Waals surface area contributed by atoms with Gasteiger partial charge in [0.2, 0.25) is 0 Å². The molecule has 0 radical (unpaired) electrons. The predicted octanol–water partition coefficient (Wildman–Crippen LogP) is 2.84. The van der Waals surface area contributed by atoms with Crippen LogP contribution < -0.4 is 5.73 Å². The largest absolute Gasteiger partial charge is 0.326 e. The van der Waals surface area contributed by atoms with E-state index < -0.39 is 0 Å². The molecule has 0 aromatic rings. The van der Waals surface area contributed by atoms with Crippen molar-refractivity contribution >= 4 is 0 Å². The molecule has 3 nitrogen and oxygen atoms in total. The lowest BCUT2D eigenvalue weighted by Crippen LogP contribution is -2.65. The van der Waals surface area contributed by atoms with E-state index in [-0.39, 0.29) is 0 Å². The van der Waals surface area contributed by atoms with Crippen LogP contribution in [-0.4, -0.2) is 54.6 Å². The molecule has 0 aromatic heterocycles. The van der Waals surface area contributed by atoms with Crippen LogP contribution in [0.25, 0.3) is 0 Å². The second-order valence-electron chi connectivity index (χ2n) is 6.83. The van der Waals surface area contributed by atoms with E-state index in [2.05, 4.69) is 16.7 Å². The molecule has 3 saturated heterocycles. The Balaban J connectivity index is 1.49. The first-order valence-electron chi connectivity index (χ1n) is 9.03. The second kappa shape index (κ2) is 9.01. The molecule has 3 rings (SSSR count). The van der Waals surface area contributed by atoms with Gasteiger partial charge in [-0.25, -0.2) is 0 Å². The second-order valence-corrected chi connectivity index (χ2v) is 6.83. The van der Waals surface area contributed by atoms with Crippen LogP contribution in [0.3, 0.4) is 0 Å². The molecule has 0 saturated carbocycles. The fraction of sp³-hybridized carbons (Fsp3) is 1.00. The minimum absolute atomic E-state index is 0.401. The summed E-state index contributed by atoms with van der Waals surface area (Å²) in [5.74, 6) is 0. The standard InChI is InChI=1S/C17H35N3/c1-2-3-4-5-6-7-8-9-10-16(18)17-15-19-11-13-20(17)14-12-19/h16-17H,2-15,18H2,1H3. The number of nitrogens with two attached hydrogens (primary N) is 1. The van der Waals surface area contributed by atoms with Gasteiger partial charge in [-0.3, -0.25) is 9.80 Å². The van der Waals surface area contributed by atoms with Crippen molar-refractivity contribution in [2.24, 2.45) is 5.73 Å². The highest BCUT2D eigenvalue weighted by molar-refractivity contribution is 4.93. The predicted molar refractivity (Wildman–Crippen MR) is 87.0 cm³/mol. The van der Waals surface area contributed by atoms with Crippen molar-refractivity contribution in [2.75, 3.05) is 32.7 Å². The van der Waals surface area contributed by atoms with Gasteiger partial charge in [0.05, 0.1) is 0 Å². The highest BCUT2D eigenvalue weighted by Crippen LogP contribution is 2.20. The van der Waals surface area contributed by atoms with Crippen molar-refractivity contribution in [3.63, 3.8) is 0 Å². The summed E-state index contributed by atoms with van der Waals surface area (Å²) in [5, 5.41) is 0. The van der Waals surface area contributed by atoms with E-state index in [4.69, 9.17) is 5.73 Å².